The Hall–Kier alpha value is -0.940. The first-order chi connectivity index (χ1) is 5.77. The van der Waals surface area contributed by atoms with Gasteiger partial charge >= 0.3 is 0 Å². The van der Waals surface area contributed by atoms with Gasteiger partial charge in [-0.3, -0.25) is 0 Å². The second-order valence-electron chi connectivity index (χ2n) is 2.60. The number of hydrogen-bond acceptors (Lipinski definition) is 4. The summed E-state index contributed by atoms with van der Waals surface area (Å²) in [6.07, 6.45) is 4.27. The lowest BCUT2D eigenvalue weighted by molar-refractivity contribution is 0.403. The summed E-state index contributed by atoms with van der Waals surface area (Å²) < 4.78 is 0. The van der Waals surface area contributed by atoms with Gasteiger partial charge in [0.25, 0.3) is 0 Å². The second kappa shape index (κ2) is 8.16. The number of rotatable bonds is 3. The SMILES string of the molecule is CN(C)CCCN.c1cn[nH]n1. The molecule has 0 aliphatic carbocycles. The predicted molar refractivity (Wildman–Crippen MR) is 48.6 cm³/mol. The molecule has 0 bridgehead atoms. The predicted octanol–water partition coefficient (Wildman–Crippen LogP) is -0.298. The smallest absolute Gasteiger partial charge is 0.0690 e. The highest BCUT2D eigenvalue weighted by molar-refractivity contribution is 4.54. The van der Waals surface area contributed by atoms with Crippen LogP contribution >= 0.6 is 0 Å². The Morgan fingerprint density at radius 3 is 2.08 bits per heavy atom. The lowest BCUT2D eigenvalue weighted by Crippen LogP contribution is -2.16. The number of nitrogens with two attached hydrogens (primary N) is 1. The fourth-order valence-corrected chi connectivity index (χ4v) is 0.574. The van der Waals surface area contributed by atoms with Crippen LogP contribution in [-0.4, -0.2) is 47.5 Å². The first-order valence-corrected chi connectivity index (χ1v) is 3.92. The van der Waals surface area contributed by atoms with E-state index in [4.69, 9.17) is 5.73 Å². The quantitative estimate of drug-likeness (QED) is 0.655. The molecule has 1 aromatic heterocycles. The molecule has 0 aliphatic rings. The van der Waals surface area contributed by atoms with Gasteiger partial charge in [0, 0.05) is 0 Å². The van der Waals surface area contributed by atoms with E-state index >= 15 is 0 Å². The van der Waals surface area contributed by atoms with Crippen LogP contribution in [0.15, 0.2) is 12.4 Å². The minimum absolute atomic E-state index is 0.804. The van der Waals surface area contributed by atoms with Crippen LogP contribution in [-0.2, 0) is 0 Å². The molecule has 12 heavy (non-hydrogen) atoms. The molecule has 0 fully saturated rings. The summed E-state index contributed by atoms with van der Waals surface area (Å²) in [6, 6.07) is 0. The van der Waals surface area contributed by atoms with Gasteiger partial charge in [-0.2, -0.15) is 15.4 Å². The second-order valence-corrected chi connectivity index (χ2v) is 2.60. The van der Waals surface area contributed by atoms with Gasteiger partial charge < -0.3 is 10.6 Å². The van der Waals surface area contributed by atoms with Crippen molar-refractivity contribution < 1.29 is 0 Å². The van der Waals surface area contributed by atoms with E-state index in [1.54, 1.807) is 12.4 Å². The van der Waals surface area contributed by atoms with E-state index in [1.807, 2.05) is 0 Å². The Labute approximate surface area is 72.9 Å². The summed E-state index contributed by atoms with van der Waals surface area (Å²) in [6.45, 7) is 1.91. The molecule has 0 spiro atoms. The zero-order chi connectivity index (χ0) is 9.23. The summed E-state index contributed by atoms with van der Waals surface area (Å²) in [5.74, 6) is 0. The van der Waals surface area contributed by atoms with E-state index < -0.39 is 0 Å². The number of H-pyrrole nitrogens is 1. The molecule has 1 aromatic rings. The van der Waals surface area contributed by atoms with Crippen LogP contribution in [0.5, 0.6) is 0 Å². The van der Waals surface area contributed by atoms with Crippen molar-refractivity contribution in [3.05, 3.63) is 12.4 Å². The minimum atomic E-state index is 0.804. The molecule has 0 saturated heterocycles. The van der Waals surface area contributed by atoms with Gasteiger partial charge in [-0.25, -0.2) is 0 Å². The molecular weight excluding hydrogens is 154 g/mol. The van der Waals surface area contributed by atoms with E-state index in [-0.39, 0.29) is 0 Å². The lowest BCUT2D eigenvalue weighted by Gasteiger charge is -2.05. The third-order valence-electron chi connectivity index (χ3n) is 1.14. The van der Waals surface area contributed by atoms with Crippen LogP contribution in [0.2, 0.25) is 0 Å². The number of nitrogens with zero attached hydrogens (tertiary/aromatic N) is 3. The van der Waals surface area contributed by atoms with E-state index in [0.29, 0.717) is 0 Å². The molecule has 70 valence electrons. The van der Waals surface area contributed by atoms with Crippen molar-refractivity contribution in [2.45, 2.75) is 6.42 Å². The zero-order valence-electron chi connectivity index (χ0n) is 7.70. The highest BCUT2D eigenvalue weighted by atomic mass is 15.3. The van der Waals surface area contributed by atoms with Gasteiger partial charge in [0.2, 0.25) is 0 Å². The maximum Gasteiger partial charge on any atom is 0.0690 e. The standard InChI is InChI=1S/C5H14N2.C2H3N3/c1-7(2)5-3-4-6;1-2-4-5-3-1/h3-6H2,1-2H3;1-2H,(H,3,4,5). The number of hydrogen-bond donors (Lipinski definition) is 2. The fraction of sp³-hybridized carbons (Fsp3) is 0.714. The normalized spacial score (nSPS) is 9.33. The van der Waals surface area contributed by atoms with Gasteiger partial charge in [-0.05, 0) is 33.6 Å². The van der Waals surface area contributed by atoms with Crippen molar-refractivity contribution in [3.8, 4) is 0 Å². The molecule has 0 amide bonds. The molecular formula is C7H17N5. The lowest BCUT2D eigenvalue weighted by atomic mass is 10.4. The summed E-state index contributed by atoms with van der Waals surface area (Å²) >= 11 is 0. The van der Waals surface area contributed by atoms with Crippen molar-refractivity contribution in [1.29, 1.82) is 0 Å². The first-order valence-electron chi connectivity index (χ1n) is 3.92. The molecule has 0 aliphatic heterocycles. The molecule has 0 unspecified atom stereocenters. The van der Waals surface area contributed by atoms with Crippen molar-refractivity contribution in [2.75, 3.05) is 27.2 Å². The van der Waals surface area contributed by atoms with E-state index in [2.05, 4.69) is 34.4 Å². The summed E-state index contributed by atoms with van der Waals surface area (Å²) in [5, 5.41) is 9.33. The Morgan fingerprint density at radius 2 is 1.92 bits per heavy atom. The molecule has 1 heterocycles. The molecule has 0 saturated carbocycles. The summed E-state index contributed by atoms with van der Waals surface area (Å²) in [5.41, 5.74) is 5.25. The Kier molecular flexibility index (Phi) is 7.52. The summed E-state index contributed by atoms with van der Waals surface area (Å²) in [7, 11) is 4.10. The van der Waals surface area contributed by atoms with Crippen LogP contribution in [0, 0.1) is 0 Å². The average molecular weight is 171 g/mol. The topological polar surface area (TPSA) is 70.8 Å². The maximum absolute atomic E-state index is 5.25. The van der Waals surface area contributed by atoms with Crippen molar-refractivity contribution >= 4 is 0 Å². The Bertz CT molecular complexity index is 132. The maximum atomic E-state index is 5.25. The van der Waals surface area contributed by atoms with E-state index in [0.717, 1.165) is 19.5 Å². The van der Waals surface area contributed by atoms with Crippen LogP contribution in [0.4, 0.5) is 0 Å². The van der Waals surface area contributed by atoms with Crippen molar-refractivity contribution in [3.63, 3.8) is 0 Å². The van der Waals surface area contributed by atoms with Crippen LogP contribution in [0.3, 0.4) is 0 Å². The third-order valence-corrected chi connectivity index (χ3v) is 1.14. The largest absolute Gasteiger partial charge is 0.330 e. The highest BCUT2D eigenvalue weighted by Gasteiger charge is 1.83. The third kappa shape index (κ3) is 9.06. The first kappa shape index (κ1) is 11.1. The summed E-state index contributed by atoms with van der Waals surface area (Å²) in [4.78, 5) is 2.13. The van der Waals surface area contributed by atoms with E-state index in [9.17, 15) is 0 Å². The van der Waals surface area contributed by atoms with Crippen LogP contribution in [0.25, 0.3) is 0 Å². The van der Waals surface area contributed by atoms with E-state index in [1.165, 1.54) is 0 Å². The van der Waals surface area contributed by atoms with Crippen LogP contribution < -0.4 is 5.73 Å². The molecule has 0 aromatic carbocycles. The monoisotopic (exact) mass is 171 g/mol. The van der Waals surface area contributed by atoms with Gasteiger partial charge in [0.1, 0.15) is 0 Å². The molecule has 5 nitrogen and oxygen atoms in total. The Morgan fingerprint density at radius 1 is 1.33 bits per heavy atom. The van der Waals surface area contributed by atoms with Crippen LogP contribution in [0.1, 0.15) is 6.42 Å². The van der Waals surface area contributed by atoms with Gasteiger partial charge in [-0.15, -0.1) is 0 Å². The molecule has 0 radical (unpaired) electrons. The van der Waals surface area contributed by atoms with Gasteiger partial charge in [0.05, 0.1) is 12.4 Å². The molecule has 0 atom stereocenters. The van der Waals surface area contributed by atoms with Crippen molar-refractivity contribution in [2.24, 2.45) is 5.73 Å². The zero-order valence-corrected chi connectivity index (χ0v) is 7.70. The van der Waals surface area contributed by atoms with Gasteiger partial charge in [-0.1, -0.05) is 0 Å². The fourth-order valence-electron chi connectivity index (χ4n) is 0.574. The minimum Gasteiger partial charge on any atom is -0.330 e. The van der Waals surface area contributed by atoms with Crippen molar-refractivity contribution in [1.82, 2.24) is 20.3 Å². The molecule has 1 rings (SSSR count). The van der Waals surface area contributed by atoms with Gasteiger partial charge in [0.15, 0.2) is 0 Å². The molecule has 3 N–H and O–H groups in total. The average Bonchev–Trinajstić information content (AvgIpc) is 2.57. The highest BCUT2D eigenvalue weighted by Crippen LogP contribution is 1.76. The molecule has 5 heteroatoms. The number of aromatic nitrogens is 3. The number of nitrogens with one attached hydrogen (secondary N) is 1. The number of aromatic amines is 1. The Balaban J connectivity index is 0.000000211.